The molecule has 10 rings (SSSR count). The summed E-state index contributed by atoms with van der Waals surface area (Å²) < 4.78 is 9.12. The van der Waals surface area contributed by atoms with Gasteiger partial charge in [0.1, 0.15) is 5.52 Å². The van der Waals surface area contributed by atoms with Gasteiger partial charge in [-0.2, -0.15) is 0 Å². The zero-order chi connectivity index (χ0) is 33.7. The lowest BCUT2D eigenvalue weighted by molar-refractivity contribution is 0.621. The van der Waals surface area contributed by atoms with Gasteiger partial charge in [0.2, 0.25) is 5.89 Å². The number of benzene rings is 8. The van der Waals surface area contributed by atoms with Crippen molar-refractivity contribution in [3.63, 3.8) is 0 Å². The van der Waals surface area contributed by atoms with E-state index in [1.165, 1.54) is 36.7 Å². The van der Waals surface area contributed by atoms with E-state index in [9.17, 15) is 0 Å². The number of hydrogen-bond donors (Lipinski definition) is 0. The Morgan fingerprint density at radius 2 is 1.06 bits per heavy atom. The molecule has 51 heavy (non-hydrogen) atoms. The SMILES string of the molecule is c1ccc(-c2ccc(N(c3ccc(-c4cccc5nc(-c6cccc7ccccc67)oc45)cc3)c3cccc4c3sc3ccccc34)cc2)cc1. The molecule has 2 aromatic heterocycles. The number of fused-ring (bicyclic) bond motifs is 5. The number of nitrogens with zero attached hydrogens (tertiary/aromatic N) is 2. The average Bonchev–Trinajstić information content (AvgIpc) is 3.81. The van der Waals surface area contributed by atoms with Crippen LogP contribution >= 0.6 is 11.3 Å². The normalized spacial score (nSPS) is 11.5. The summed E-state index contributed by atoms with van der Waals surface area (Å²) in [5.41, 5.74) is 10.5. The molecule has 0 N–H and O–H groups in total. The molecular formula is C47H30N2OS. The van der Waals surface area contributed by atoms with Gasteiger partial charge in [-0.1, -0.05) is 133 Å². The van der Waals surface area contributed by atoms with E-state index in [0.29, 0.717) is 5.89 Å². The molecule has 0 saturated heterocycles. The summed E-state index contributed by atoms with van der Waals surface area (Å²) in [6.07, 6.45) is 0. The molecule has 3 nitrogen and oxygen atoms in total. The van der Waals surface area contributed by atoms with E-state index in [1.54, 1.807) is 0 Å². The maximum absolute atomic E-state index is 6.57. The molecular weight excluding hydrogens is 641 g/mol. The van der Waals surface area contributed by atoms with Crippen molar-refractivity contribution in [1.29, 1.82) is 0 Å². The second kappa shape index (κ2) is 12.1. The molecule has 0 radical (unpaired) electrons. The van der Waals surface area contributed by atoms with Crippen LogP contribution in [0.3, 0.4) is 0 Å². The second-order valence-electron chi connectivity index (χ2n) is 12.7. The molecule has 2 heterocycles. The Labute approximate surface area is 299 Å². The number of anilines is 3. The van der Waals surface area contributed by atoms with Gasteiger partial charge in [0.25, 0.3) is 0 Å². The molecule has 0 atom stereocenters. The van der Waals surface area contributed by atoms with E-state index in [1.807, 2.05) is 17.4 Å². The minimum Gasteiger partial charge on any atom is -0.435 e. The Kier molecular flexibility index (Phi) is 7.00. The lowest BCUT2D eigenvalue weighted by atomic mass is 10.0. The summed E-state index contributed by atoms with van der Waals surface area (Å²) in [4.78, 5) is 7.33. The Morgan fingerprint density at radius 3 is 1.88 bits per heavy atom. The molecule has 0 saturated carbocycles. The zero-order valence-electron chi connectivity index (χ0n) is 27.5. The van der Waals surface area contributed by atoms with Crippen LogP contribution in [-0.2, 0) is 0 Å². The van der Waals surface area contributed by atoms with E-state index in [-0.39, 0.29) is 0 Å². The summed E-state index contributed by atoms with van der Waals surface area (Å²) in [5.74, 6) is 0.632. The van der Waals surface area contributed by atoms with Crippen LogP contribution in [0.4, 0.5) is 17.1 Å². The van der Waals surface area contributed by atoms with Gasteiger partial charge in [0.05, 0.1) is 10.4 Å². The molecule has 0 unspecified atom stereocenters. The number of oxazole rings is 1. The van der Waals surface area contributed by atoms with Crippen molar-refractivity contribution in [2.75, 3.05) is 4.90 Å². The molecule has 240 valence electrons. The molecule has 0 aliphatic carbocycles. The highest BCUT2D eigenvalue weighted by molar-refractivity contribution is 7.26. The number of hydrogen-bond acceptors (Lipinski definition) is 4. The Balaban J connectivity index is 1.09. The van der Waals surface area contributed by atoms with Crippen LogP contribution in [0.1, 0.15) is 0 Å². The minimum absolute atomic E-state index is 0.632. The first kappa shape index (κ1) is 29.4. The van der Waals surface area contributed by atoms with Crippen molar-refractivity contribution in [2.45, 2.75) is 0 Å². The third-order valence-electron chi connectivity index (χ3n) is 9.73. The van der Waals surface area contributed by atoms with Gasteiger partial charge in [-0.05, 0) is 76.0 Å². The summed E-state index contributed by atoms with van der Waals surface area (Å²) >= 11 is 1.85. The number of rotatable bonds is 6. The number of thiophene rings is 1. The van der Waals surface area contributed by atoms with Gasteiger partial charge in [-0.25, -0.2) is 4.98 Å². The van der Waals surface area contributed by atoms with E-state index in [0.717, 1.165) is 50.2 Å². The smallest absolute Gasteiger partial charge is 0.227 e. The monoisotopic (exact) mass is 670 g/mol. The number of para-hydroxylation sites is 1. The summed E-state index contributed by atoms with van der Waals surface area (Å²) in [7, 11) is 0. The molecule has 4 heteroatoms. The van der Waals surface area contributed by atoms with Gasteiger partial charge >= 0.3 is 0 Å². The highest BCUT2D eigenvalue weighted by Gasteiger charge is 2.19. The molecule has 0 bridgehead atoms. The lowest BCUT2D eigenvalue weighted by Crippen LogP contribution is -2.10. The fraction of sp³-hybridized carbons (Fsp3) is 0. The van der Waals surface area contributed by atoms with Crippen LogP contribution in [0.5, 0.6) is 0 Å². The zero-order valence-corrected chi connectivity index (χ0v) is 28.3. The van der Waals surface area contributed by atoms with E-state index in [2.05, 4.69) is 181 Å². The maximum atomic E-state index is 6.57. The third-order valence-corrected chi connectivity index (χ3v) is 10.9. The van der Waals surface area contributed by atoms with E-state index >= 15 is 0 Å². The van der Waals surface area contributed by atoms with Crippen LogP contribution in [-0.4, -0.2) is 4.98 Å². The quantitative estimate of drug-likeness (QED) is 0.176. The van der Waals surface area contributed by atoms with Crippen molar-refractivity contribution in [3.8, 4) is 33.7 Å². The van der Waals surface area contributed by atoms with Gasteiger partial charge in [-0.15, -0.1) is 11.3 Å². The van der Waals surface area contributed by atoms with Gasteiger partial charge in [-0.3, -0.25) is 0 Å². The fourth-order valence-corrected chi connectivity index (χ4v) is 8.47. The van der Waals surface area contributed by atoms with Crippen LogP contribution < -0.4 is 4.90 Å². The topological polar surface area (TPSA) is 29.3 Å². The summed E-state index contributed by atoms with van der Waals surface area (Å²) in [5, 5.41) is 4.85. The van der Waals surface area contributed by atoms with Crippen LogP contribution in [0, 0.1) is 0 Å². The highest BCUT2D eigenvalue weighted by Crippen LogP contribution is 2.45. The summed E-state index contributed by atoms with van der Waals surface area (Å²) in [6.45, 7) is 0. The molecule has 0 spiro atoms. The molecule has 8 aromatic carbocycles. The molecule has 0 amide bonds. The summed E-state index contributed by atoms with van der Waals surface area (Å²) in [6, 6.07) is 64.4. The second-order valence-corrected chi connectivity index (χ2v) is 13.8. The maximum Gasteiger partial charge on any atom is 0.227 e. The molecule has 10 aromatic rings. The first-order chi connectivity index (χ1) is 25.3. The molecule has 0 aliphatic rings. The van der Waals surface area contributed by atoms with Crippen molar-refractivity contribution in [2.24, 2.45) is 0 Å². The first-order valence-corrected chi connectivity index (χ1v) is 17.9. The highest BCUT2D eigenvalue weighted by atomic mass is 32.1. The standard InChI is InChI=1S/C47H30N2OS/c1-2-11-31(12-3-1)32-23-27-35(28-24-32)49(43-21-10-18-40-39-16-6-7-22-44(39)51-46(40)43)36-29-25-34(26-30-36)38-17-9-20-42-45(38)50-47(48-42)41-19-8-14-33-13-4-5-15-37(33)41/h1-30H. The lowest BCUT2D eigenvalue weighted by Gasteiger charge is -2.26. The van der Waals surface area contributed by atoms with Gasteiger partial charge in [0, 0.05) is 38.0 Å². The van der Waals surface area contributed by atoms with E-state index in [4.69, 9.17) is 9.40 Å². The molecule has 0 fully saturated rings. The van der Waals surface area contributed by atoms with Crippen LogP contribution in [0.2, 0.25) is 0 Å². The van der Waals surface area contributed by atoms with Crippen molar-refractivity contribution >= 4 is 70.4 Å². The van der Waals surface area contributed by atoms with Crippen molar-refractivity contribution in [3.05, 3.63) is 182 Å². The van der Waals surface area contributed by atoms with Gasteiger partial charge in [0.15, 0.2) is 5.58 Å². The first-order valence-electron chi connectivity index (χ1n) is 17.1. The fourth-order valence-electron chi connectivity index (χ4n) is 7.26. The van der Waals surface area contributed by atoms with Crippen LogP contribution in [0.15, 0.2) is 186 Å². The predicted molar refractivity (Wildman–Crippen MR) is 215 cm³/mol. The average molecular weight is 671 g/mol. The largest absolute Gasteiger partial charge is 0.435 e. The Bertz CT molecular complexity index is 2850. The van der Waals surface area contributed by atoms with E-state index < -0.39 is 0 Å². The number of aromatic nitrogens is 1. The van der Waals surface area contributed by atoms with Crippen molar-refractivity contribution in [1.82, 2.24) is 4.98 Å². The Morgan fingerprint density at radius 1 is 0.451 bits per heavy atom. The predicted octanol–water partition coefficient (Wildman–Crippen LogP) is 13.8. The third kappa shape index (κ3) is 5.08. The Hall–Kier alpha value is -6.49. The minimum atomic E-state index is 0.632. The molecule has 0 aliphatic heterocycles. The van der Waals surface area contributed by atoms with Crippen molar-refractivity contribution < 1.29 is 4.42 Å². The van der Waals surface area contributed by atoms with Crippen LogP contribution in [0.25, 0.3) is 75.8 Å². The van der Waals surface area contributed by atoms with Gasteiger partial charge < -0.3 is 9.32 Å².